The molecule has 1 aliphatic heterocycles. The molecule has 0 atom stereocenters. The third-order valence-corrected chi connectivity index (χ3v) is 7.78. The Labute approximate surface area is 236 Å². The lowest BCUT2D eigenvalue weighted by Gasteiger charge is -2.36. The quantitative estimate of drug-likeness (QED) is 0.343. The molecule has 0 spiro atoms. The minimum absolute atomic E-state index is 0.0221. The van der Waals surface area contributed by atoms with Crippen molar-refractivity contribution in [1.82, 2.24) is 14.6 Å². The molecule has 1 amide bonds. The number of anilines is 1. The maximum atomic E-state index is 15.0. The molecule has 220 valence electrons. The van der Waals surface area contributed by atoms with Crippen LogP contribution in [-0.4, -0.2) is 68.9 Å². The molecule has 2 aromatic carbocycles. The fourth-order valence-corrected chi connectivity index (χ4v) is 5.45. The van der Waals surface area contributed by atoms with Crippen LogP contribution in [-0.2, 0) is 16.6 Å². The van der Waals surface area contributed by atoms with Gasteiger partial charge in [-0.1, -0.05) is 12.1 Å². The van der Waals surface area contributed by atoms with Crippen molar-refractivity contribution < 1.29 is 35.5 Å². The average Bonchev–Trinajstić information content (AvgIpc) is 2.92. The first-order valence-electron chi connectivity index (χ1n) is 13.0. The summed E-state index contributed by atoms with van der Waals surface area (Å²) in [6.45, 7) is 5.70. The van der Waals surface area contributed by atoms with Gasteiger partial charge in [0.1, 0.15) is 11.6 Å². The fourth-order valence-electron chi connectivity index (χ4n) is 4.45. The molecule has 0 radical (unpaired) electrons. The van der Waals surface area contributed by atoms with Crippen molar-refractivity contribution in [3.63, 3.8) is 0 Å². The molecule has 2 heterocycles. The molecule has 8 nitrogen and oxygen atoms in total. The Morgan fingerprint density at radius 2 is 1.73 bits per heavy atom. The minimum Gasteiger partial charge on any atom is -0.492 e. The molecule has 1 aromatic heterocycles. The first-order chi connectivity index (χ1) is 19.4. The normalized spacial score (nSPS) is 14.6. The zero-order valence-corrected chi connectivity index (χ0v) is 23.1. The van der Waals surface area contributed by atoms with E-state index in [1.807, 2.05) is 13.0 Å². The van der Waals surface area contributed by atoms with Crippen molar-refractivity contribution in [2.75, 3.05) is 43.4 Å². The van der Waals surface area contributed by atoms with Crippen molar-refractivity contribution in [3.05, 3.63) is 77.9 Å². The van der Waals surface area contributed by atoms with Gasteiger partial charge in [0.15, 0.2) is 0 Å². The van der Waals surface area contributed by atoms with Gasteiger partial charge >= 0.3 is 6.18 Å². The standard InChI is InChI=1S/C28H30F4N4O4S/c1-2-40-24-16-22(17-33-18-24)25-8-3-20(15-26(25)29)19-35-10-12-36(13-11-35)23-6-4-21(5-7-23)27(37)34-41(38,39)14-9-28(30,31)32/h3-8,15-18H,2,9-14,19H2,1H3,(H,34,37). The van der Waals surface area contributed by atoms with Gasteiger partial charge in [0.05, 0.1) is 25.0 Å². The molecule has 3 aromatic rings. The van der Waals surface area contributed by atoms with Crippen LogP contribution >= 0.6 is 0 Å². The zero-order valence-electron chi connectivity index (χ0n) is 22.3. The highest BCUT2D eigenvalue weighted by Crippen LogP contribution is 2.27. The maximum Gasteiger partial charge on any atom is 0.390 e. The van der Waals surface area contributed by atoms with Crippen molar-refractivity contribution in [3.8, 4) is 16.9 Å². The summed E-state index contributed by atoms with van der Waals surface area (Å²) in [6, 6.07) is 13.1. The monoisotopic (exact) mass is 594 g/mol. The Bertz CT molecular complexity index is 1460. The van der Waals surface area contributed by atoms with Crippen LogP contribution in [0, 0.1) is 5.82 Å². The summed E-state index contributed by atoms with van der Waals surface area (Å²) < 4.78 is 82.6. The van der Waals surface area contributed by atoms with E-state index >= 15 is 0 Å². The largest absolute Gasteiger partial charge is 0.492 e. The number of ether oxygens (including phenoxy) is 1. The number of amides is 1. The van der Waals surface area contributed by atoms with Crippen LogP contribution in [0.15, 0.2) is 60.9 Å². The first-order valence-corrected chi connectivity index (χ1v) is 14.6. The molecule has 0 unspecified atom stereocenters. The van der Waals surface area contributed by atoms with Crippen LogP contribution in [0.3, 0.4) is 0 Å². The Morgan fingerprint density at radius 3 is 2.37 bits per heavy atom. The van der Waals surface area contributed by atoms with Crippen LogP contribution in [0.5, 0.6) is 5.75 Å². The number of carbonyl (C=O) groups is 1. The number of benzene rings is 2. The molecule has 1 N–H and O–H groups in total. The summed E-state index contributed by atoms with van der Waals surface area (Å²) in [5.74, 6) is -1.97. The molecule has 0 bridgehead atoms. The topological polar surface area (TPSA) is 91.8 Å². The zero-order chi connectivity index (χ0) is 29.6. The van der Waals surface area contributed by atoms with E-state index in [1.165, 1.54) is 18.2 Å². The number of carbonyl (C=O) groups excluding carboxylic acids is 1. The second kappa shape index (κ2) is 12.9. The molecule has 1 saturated heterocycles. The lowest BCUT2D eigenvalue weighted by Crippen LogP contribution is -2.46. The lowest BCUT2D eigenvalue weighted by atomic mass is 10.0. The van der Waals surface area contributed by atoms with Crippen molar-refractivity contribution in [2.24, 2.45) is 0 Å². The molecule has 13 heteroatoms. The predicted molar refractivity (Wildman–Crippen MR) is 147 cm³/mol. The minimum atomic E-state index is -4.64. The number of nitrogens with zero attached hydrogens (tertiary/aromatic N) is 3. The third-order valence-electron chi connectivity index (χ3n) is 6.54. The number of rotatable bonds is 10. The van der Waals surface area contributed by atoms with E-state index in [1.54, 1.807) is 41.4 Å². The van der Waals surface area contributed by atoms with Gasteiger partial charge in [0, 0.05) is 61.3 Å². The van der Waals surface area contributed by atoms with Crippen molar-refractivity contribution in [2.45, 2.75) is 26.1 Å². The number of aromatic nitrogens is 1. The Hall–Kier alpha value is -3.71. The van der Waals surface area contributed by atoms with Crippen LogP contribution in [0.4, 0.5) is 23.2 Å². The second-order valence-electron chi connectivity index (χ2n) is 9.58. The molecular weight excluding hydrogens is 564 g/mol. The van der Waals surface area contributed by atoms with E-state index in [-0.39, 0.29) is 11.4 Å². The van der Waals surface area contributed by atoms with Gasteiger partial charge in [-0.05, 0) is 48.9 Å². The number of sulfonamides is 1. The van der Waals surface area contributed by atoms with E-state index in [0.717, 1.165) is 11.3 Å². The number of pyridine rings is 1. The molecular formula is C28H30F4N4O4S. The summed E-state index contributed by atoms with van der Waals surface area (Å²) in [4.78, 5) is 20.7. The van der Waals surface area contributed by atoms with Gasteiger partial charge in [-0.15, -0.1) is 0 Å². The summed E-state index contributed by atoms with van der Waals surface area (Å²) in [5.41, 5.74) is 2.77. The van der Waals surface area contributed by atoms with Crippen LogP contribution < -0.4 is 14.4 Å². The summed E-state index contributed by atoms with van der Waals surface area (Å²) in [7, 11) is -4.41. The number of hydrogen-bond acceptors (Lipinski definition) is 7. The molecule has 0 aliphatic carbocycles. The van der Waals surface area contributed by atoms with E-state index in [9.17, 15) is 30.8 Å². The van der Waals surface area contributed by atoms with Gasteiger partial charge in [-0.3, -0.25) is 14.7 Å². The van der Waals surface area contributed by atoms with E-state index in [0.29, 0.717) is 56.2 Å². The van der Waals surface area contributed by atoms with Gasteiger partial charge in [0.2, 0.25) is 10.0 Å². The highest BCUT2D eigenvalue weighted by atomic mass is 32.2. The first kappa shape index (κ1) is 30.3. The highest BCUT2D eigenvalue weighted by molar-refractivity contribution is 7.90. The Kier molecular flexibility index (Phi) is 9.49. The average molecular weight is 595 g/mol. The lowest BCUT2D eigenvalue weighted by molar-refractivity contribution is -0.130. The SMILES string of the molecule is CCOc1cncc(-c2ccc(CN3CCN(c4ccc(C(=O)NS(=O)(=O)CCC(F)(F)F)cc4)CC3)cc2F)c1. The number of piperazine rings is 1. The second-order valence-corrected chi connectivity index (χ2v) is 11.4. The van der Waals surface area contributed by atoms with Crippen LogP contribution in [0.1, 0.15) is 29.3 Å². The van der Waals surface area contributed by atoms with Gasteiger partial charge < -0.3 is 9.64 Å². The summed E-state index contributed by atoms with van der Waals surface area (Å²) in [5, 5.41) is 0. The van der Waals surface area contributed by atoms with Crippen molar-refractivity contribution >= 4 is 21.6 Å². The third kappa shape index (κ3) is 8.64. The van der Waals surface area contributed by atoms with E-state index < -0.39 is 34.3 Å². The molecule has 41 heavy (non-hydrogen) atoms. The number of halogens is 4. The smallest absolute Gasteiger partial charge is 0.390 e. The van der Waals surface area contributed by atoms with E-state index in [4.69, 9.17) is 4.74 Å². The summed E-state index contributed by atoms with van der Waals surface area (Å²) in [6.07, 6.45) is -3.00. The van der Waals surface area contributed by atoms with E-state index in [2.05, 4.69) is 14.8 Å². The molecule has 4 rings (SSSR count). The highest BCUT2D eigenvalue weighted by Gasteiger charge is 2.30. The van der Waals surface area contributed by atoms with Crippen molar-refractivity contribution in [1.29, 1.82) is 0 Å². The number of nitrogens with one attached hydrogen (secondary N) is 1. The predicted octanol–water partition coefficient (Wildman–Crippen LogP) is 4.62. The van der Waals surface area contributed by atoms with Gasteiger partial charge in [-0.25, -0.2) is 17.5 Å². The number of alkyl halides is 3. The number of hydrogen-bond donors (Lipinski definition) is 1. The Morgan fingerprint density at radius 1 is 1.02 bits per heavy atom. The molecule has 0 saturated carbocycles. The van der Waals surface area contributed by atoms with Gasteiger partial charge in [-0.2, -0.15) is 13.2 Å². The maximum absolute atomic E-state index is 15.0. The fraction of sp³-hybridized carbons (Fsp3) is 0.357. The molecule has 1 aliphatic rings. The van der Waals surface area contributed by atoms with Gasteiger partial charge in [0.25, 0.3) is 5.91 Å². The van der Waals surface area contributed by atoms with Crippen LogP contribution in [0.2, 0.25) is 0 Å². The summed E-state index contributed by atoms with van der Waals surface area (Å²) >= 11 is 0. The molecule has 1 fully saturated rings. The van der Waals surface area contributed by atoms with Crippen LogP contribution in [0.25, 0.3) is 11.1 Å². The Balaban J connectivity index is 1.29.